The number of amides is 1. The van der Waals surface area contributed by atoms with E-state index in [0.717, 1.165) is 11.3 Å². The second-order valence-electron chi connectivity index (χ2n) is 6.93. The number of carbonyl (C=O) groups excluding carboxylic acids is 1. The second-order valence-corrected chi connectivity index (χ2v) is 7.71. The van der Waals surface area contributed by atoms with Crippen LogP contribution in [0.4, 0.5) is 5.69 Å². The summed E-state index contributed by atoms with van der Waals surface area (Å²) in [5.74, 6) is -0.126. The van der Waals surface area contributed by atoms with Crippen molar-refractivity contribution in [2.45, 2.75) is 18.8 Å². The van der Waals surface area contributed by atoms with Crippen molar-refractivity contribution in [1.82, 2.24) is 15.6 Å². The average molecular weight is 401 g/mol. The zero-order valence-electron chi connectivity index (χ0n) is 15.5. The molecule has 144 valence electrons. The van der Waals surface area contributed by atoms with Crippen molar-refractivity contribution in [2.75, 3.05) is 4.90 Å². The van der Waals surface area contributed by atoms with E-state index in [2.05, 4.69) is 66.6 Å². The standard InChI is InChI=1S/C22H19N5OS/c28-22(24-12-15-4-7-23-8-5-15)19-11-20-21(26-19)25-14-27(20)18-3-1-2-16(10-18)17-6-9-29-13-17/h1-11,13-14,20-21,26H,12H2,(H,24,28). The van der Waals surface area contributed by atoms with Gasteiger partial charge in [-0.05, 0) is 63.9 Å². The largest absolute Gasteiger partial charge is 0.358 e. The van der Waals surface area contributed by atoms with Crippen molar-refractivity contribution in [3.05, 3.63) is 83.0 Å². The molecule has 1 amide bonds. The molecule has 0 radical (unpaired) electrons. The summed E-state index contributed by atoms with van der Waals surface area (Å²) in [5, 5.41) is 10.4. The molecular weight excluding hydrogens is 382 g/mol. The quantitative estimate of drug-likeness (QED) is 0.689. The van der Waals surface area contributed by atoms with E-state index in [0.29, 0.717) is 12.2 Å². The minimum atomic E-state index is -0.151. The van der Waals surface area contributed by atoms with Crippen molar-refractivity contribution >= 4 is 29.3 Å². The van der Waals surface area contributed by atoms with Crippen LogP contribution >= 0.6 is 11.3 Å². The fourth-order valence-electron chi connectivity index (χ4n) is 3.57. The first-order valence-electron chi connectivity index (χ1n) is 9.38. The lowest BCUT2D eigenvalue weighted by Gasteiger charge is -2.22. The highest BCUT2D eigenvalue weighted by Gasteiger charge is 2.37. The van der Waals surface area contributed by atoms with Crippen LogP contribution < -0.4 is 15.5 Å². The number of benzene rings is 1. The Labute approximate surface area is 172 Å². The van der Waals surface area contributed by atoms with Crippen molar-refractivity contribution in [3.8, 4) is 11.1 Å². The number of carbonyl (C=O) groups is 1. The van der Waals surface area contributed by atoms with Gasteiger partial charge in [0.15, 0.2) is 0 Å². The van der Waals surface area contributed by atoms with E-state index in [1.54, 1.807) is 23.7 Å². The van der Waals surface area contributed by atoms with Crippen LogP contribution in [0.25, 0.3) is 11.1 Å². The van der Waals surface area contributed by atoms with E-state index in [1.807, 2.05) is 24.5 Å². The summed E-state index contributed by atoms with van der Waals surface area (Å²) in [5.41, 5.74) is 5.01. The van der Waals surface area contributed by atoms with Crippen LogP contribution in [-0.2, 0) is 11.3 Å². The summed E-state index contributed by atoms with van der Waals surface area (Å²) < 4.78 is 0. The Bertz CT molecular complexity index is 1080. The predicted octanol–water partition coefficient (Wildman–Crippen LogP) is 3.16. The van der Waals surface area contributed by atoms with Gasteiger partial charge in [0.1, 0.15) is 6.17 Å². The molecule has 2 atom stereocenters. The zero-order chi connectivity index (χ0) is 19.6. The van der Waals surface area contributed by atoms with E-state index >= 15 is 0 Å². The first-order valence-corrected chi connectivity index (χ1v) is 10.3. The first kappa shape index (κ1) is 17.6. The summed E-state index contributed by atoms with van der Waals surface area (Å²) >= 11 is 1.69. The van der Waals surface area contributed by atoms with Crippen molar-refractivity contribution < 1.29 is 4.79 Å². The molecule has 6 nitrogen and oxygen atoms in total. The lowest BCUT2D eigenvalue weighted by atomic mass is 10.1. The van der Waals surface area contributed by atoms with Crippen molar-refractivity contribution in [3.63, 3.8) is 0 Å². The maximum atomic E-state index is 12.6. The fraction of sp³-hybridized carbons (Fsp3) is 0.136. The summed E-state index contributed by atoms with van der Waals surface area (Å²) in [6.45, 7) is 0.464. The highest BCUT2D eigenvalue weighted by atomic mass is 32.1. The van der Waals surface area contributed by atoms with Gasteiger partial charge in [-0.15, -0.1) is 0 Å². The number of nitrogens with zero attached hydrogens (tertiary/aromatic N) is 3. The maximum Gasteiger partial charge on any atom is 0.267 e. The summed E-state index contributed by atoms with van der Waals surface area (Å²) in [6, 6.07) is 14.3. The molecule has 4 heterocycles. The molecule has 2 N–H and O–H groups in total. The molecule has 0 saturated carbocycles. The van der Waals surface area contributed by atoms with Gasteiger partial charge in [-0.1, -0.05) is 12.1 Å². The fourth-order valence-corrected chi connectivity index (χ4v) is 4.23. The molecule has 1 aromatic carbocycles. The third-order valence-corrected chi connectivity index (χ3v) is 5.77. The highest BCUT2D eigenvalue weighted by molar-refractivity contribution is 7.08. The molecule has 0 aliphatic carbocycles. The van der Waals surface area contributed by atoms with Crippen LogP contribution in [0.1, 0.15) is 5.56 Å². The number of anilines is 1. The number of thiophene rings is 1. The predicted molar refractivity (Wildman–Crippen MR) is 116 cm³/mol. The minimum absolute atomic E-state index is 0.0191. The number of rotatable bonds is 5. The van der Waals surface area contributed by atoms with Crippen LogP contribution in [0.3, 0.4) is 0 Å². The minimum Gasteiger partial charge on any atom is -0.358 e. The van der Waals surface area contributed by atoms with E-state index in [-0.39, 0.29) is 18.1 Å². The monoisotopic (exact) mass is 401 g/mol. The van der Waals surface area contributed by atoms with Gasteiger partial charge in [0.05, 0.1) is 18.1 Å². The number of nitrogens with one attached hydrogen (secondary N) is 2. The third kappa shape index (κ3) is 3.52. The number of aromatic nitrogens is 1. The Kier molecular flexibility index (Phi) is 4.57. The van der Waals surface area contributed by atoms with Gasteiger partial charge >= 0.3 is 0 Å². The van der Waals surface area contributed by atoms with Gasteiger partial charge in [-0.3, -0.25) is 9.78 Å². The van der Waals surface area contributed by atoms with Crippen molar-refractivity contribution in [2.24, 2.45) is 4.99 Å². The number of aliphatic imine (C=N–C) groups is 1. The topological polar surface area (TPSA) is 69.6 Å². The molecular formula is C22H19N5OS. The van der Waals surface area contributed by atoms with Crippen LogP contribution in [0.5, 0.6) is 0 Å². The molecule has 2 unspecified atom stereocenters. The molecule has 7 heteroatoms. The maximum absolute atomic E-state index is 12.6. The van der Waals surface area contributed by atoms with Crippen molar-refractivity contribution in [1.29, 1.82) is 0 Å². The van der Waals surface area contributed by atoms with Gasteiger partial charge in [-0.25, -0.2) is 4.99 Å². The summed E-state index contributed by atoms with van der Waals surface area (Å²) in [7, 11) is 0. The van der Waals surface area contributed by atoms with E-state index in [4.69, 9.17) is 0 Å². The lowest BCUT2D eigenvalue weighted by molar-refractivity contribution is -0.118. The van der Waals surface area contributed by atoms with Crippen LogP contribution in [-0.4, -0.2) is 29.4 Å². The number of pyridine rings is 1. The molecule has 2 aromatic heterocycles. The molecule has 0 fully saturated rings. The highest BCUT2D eigenvalue weighted by Crippen LogP contribution is 2.31. The van der Waals surface area contributed by atoms with Gasteiger partial charge in [0.25, 0.3) is 5.91 Å². The zero-order valence-corrected chi connectivity index (χ0v) is 16.3. The smallest absolute Gasteiger partial charge is 0.267 e. The van der Waals surface area contributed by atoms with Gasteiger partial charge < -0.3 is 15.5 Å². The molecule has 0 spiro atoms. The van der Waals surface area contributed by atoms with Gasteiger partial charge in [-0.2, -0.15) is 11.3 Å². The molecule has 0 bridgehead atoms. The molecule has 2 aliphatic heterocycles. The Morgan fingerprint density at radius 3 is 2.90 bits per heavy atom. The Morgan fingerprint density at radius 1 is 1.17 bits per heavy atom. The van der Waals surface area contributed by atoms with Crippen LogP contribution in [0.15, 0.2) is 82.4 Å². The van der Waals surface area contributed by atoms with Crippen LogP contribution in [0, 0.1) is 0 Å². The SMILES string of the molecule is O=C(NCc1ccncc1)C1=CC2C(N=CN2c2cccc(-c3ccsc3)c2)N1. The molecule has 2 aliphatic rings. The van der Waals surface area contributed by atoms with E-state index in [1.165, 1.54) is 11.1 Å². The molecule has 0 saturated heterocycles. The van der Waals surface area contributed by atoms with Crippen LogP contribution in [0.2, 0.25) is 0 Å². The Balaban J connectivity index is 1.31. The normalized spacial score (nSPS) is 19.6. The van der Waals surface area contributed by atoms with E-state index < -0.39 is 0 Å². The number of fused-ring (bicyclic) bond motifs is 1. The lowest BCUT2D eigenvalue weighted by Crippen LogP contribution is -2.37. The summed E-state index contributed by atoms with van der Waals surface area (Å²) in [6.07, 6.45) is 7.08. The second kappa shape index (κ2) is 7.52. The third-order valence-electron chi connectivity index (χ3n) is 5.08. The summed E-state index contributed by atoms with van der Waals surface area (Å²) in [4.78, 5) is 23.2. The van der Waals surface area contributed by atoms with Gasteiger partial charge in [0, 0.05) is 24.6 Å². The number of hydrogen-bond acceptors (Lipinski definition) is 6. The first-order chi connectivity index (χ1) is 14.3. The Morgan fingerprint density at radius 2 is 2.07 bits per heavy atom. The average Bonchev–Trinajstić information content (AvgIpc) is 3.50. The molecule has 29 heavy (non-hydrogen) atoms. The van der Waals surface area contributed by atoms with Gasteiger partial charge in [0.2, 0.25) is 0 Å². The molecule has 3 aromatic rings. The van der Waals surface area contributed by atoms with E-state index in [9.17, 15) is 4.79 Å². The molecule has 5 rings (SSSR count). The Hall–Kier alpha value is -3.45. The number of hydrogen-bond donors (Lipinski definition) is 2.